The monoisotopic (exact) mass is 481 g/mol. The third kappa shape index (κ3) is 6.56. The zero-order valence-corrected chi connectivity index (χ0v) is 20.0. The van der Waals surface area contributed by atoms with E-state index in [0.29, 0.717) is 29.4 Å². The number of nitrogens with zero attached hydrogens (tertiary/aromatic N) is 3. The Morgan fingerprint density at radius 2 is 1.86 bits per heavy atom. The number of benzene rings is 2. The molecule has 2 aromatic rings. The molecule has 3 amide bonds. The summed E-state index contributed by atoms with van der Waals surface area (Å²) in [6, 6.07) is 10.8. The first kappa shape index (κ1) is 25.7. The van der Waals surface area contributed by atoms with Crippen LogP contribution >= 0.6 is 0 Å². The molecule has 3 N–H and O–H groups in total. The molecule has 1 unspecified atom stereocenters. The van der Waals surface area contributed by atoms with Gasteiger partial charge in [0.1, 0.15) is 5.69 Å². The minimum absolute atomic E-state index is 0.0446. The Balaban J connectivity index is 1.66. The molecular weight excluding hydrogens is 450 g/mol. The van der Waals surface area contributed by atoms with Gasteiger partial charge in [0.05, 0.1) is 4.92 Å². The molecule has 1 aliphatic rings. The molecule has 0 aromatic heterocycles. The SMILES string of the molecule is CCN(CCC(=O)Nc1ccc(C(N)=O)cc1)C(=O)c1ccc(N2CCCC(C)C2)c([N+](=O)[O-])c1. The van der Waals surface area contributed by atoms with Gasteiger partial charge in [0.2, 0.25) is 11.8 Å². The van der Waals surface area contributed by atoms with Crippen molar-refractivity contribution in [3.63, 3.8) is 0 Å². The molecule has 10 nitrogen and oxygen atoms in total. The molecule has 35 heavy (non-hydrogen) atoms. The van der Waals surface area contributed by atoms with E-state index in [1.54, 1.807) is 31.2 Å². The second-order valence-electron chi connectivity index (χ2n) is 8.78. The molecule has 1 aliphatic heterocycles. The number of hydrogen-bond acceptors (Lipinski definition) is 6. The van der Waals surface area contributed by atoms with E-state index in [4.69, 9.17) is 5.73 Å². The van der Waals surface area contributed by atoms with Crippen LogP contribution in [0.25, 0.3) is 0 Å². The van der Waals surface area contributed by atoms with Crippen molar-refractivity contribution in [3.05, 3.63) is 63.7 Å². The summed E-state index contributed by atoms with van der Waals surface area (Å²) >= 11 is 0. The van der Waals surface area contributed by atoms with Crippen molar-refractivity contribution in [2.75, 3.05) is 36.4 Å². The molecule has 1 atom stereocenters. The van der Waals surface area contributed by atoms with Gasteiger partial charge in [0, 0.05) is 55.5 Å². The lowest BCUT2D eigenvalue weighted by Gasteiger charge is -2.32. The first-order chi connectivity index (χ1) is 16.7. The van der Waals surface area contributed by atoms with Gasteiger partial charge in [-0.15, -0.1) is 0 Å². The van der Waals surface area contributed by atoms with Crippen LogP contribution in [0, 0.1) is 16.0 Å². The minimum Gasteiger partial charge on any atom is -0.366 e. The third-order valence-corrected chi connectivity index (χ3v) is 6.15. The average Bonchev–Trinajstić information content (AvgIpc) is 2.84. The van der Waals surface area contributed by atoms with Gasteiger partial charge in [0.15, 0.2) is 0 Å². The Hall–Kier alpha value is -3.95. The molecule has 10 heteroatoms. The second kappa shape index (κ2) is 11.5. The van der Waals surface area contributed by atoms with Gasteiger partial charge in [-0.3, -0.25) is 24.5 Å². The number of carbonyl (C=O) groups excluding carboxylic acids is 3. The molecule has 0 radical (unpaired) electrons. The first-order valence-corrected chi connectivity index (χ1v) is 11.7. The number of anilines is 2. The molecule has 2 aromatic carbocycles. The van der Waals surface area contributed by atoms with Crippen LogP contribution in [0.3, 0.4) is 0 Å². The highest BCUT2D eigenvalue weighted by atomic mass is 16.6. The van der Waals surface area contributed by atoms with Crippen LogP contribution in [-0.4, -0.2) is 53.7 Å². The van der Waals surface area contributed by atoms with Crippen LogP contribution in [0.1, 0.15) is 53.8 Å². The van der Waals surface area contributed by atoms with E-state index in [0.717, 1.165) is 25.9 Å². The van der Waals surface area contributed by atoms with Crippen molar-refractivity contribution in [2.24, 2.45) is 11.7 Å². The van der Waals surface area contributed by atoms with E-state index in [1.807, 2.05) is 4.90 Å². The molecule has 1 heterocycles. The molecule has 3 rings (SSSR count). The fourth-order valence-electron chi connectivity index (χ4n) is 4.24. The zero-order chi connectivity index (χ0) is 25.5. The van der Waals surface area contributed by atoms with Crippen LogP contribution in [-0.2, 0) is 4.79 Å². The maximum Gasteiger partial charge on any atom is 0.293 e. The lowest BCUT2D eigenvalue weighted by molar-refractivity contribution is -0.384. The van der Waals surface area contributed by atoms with Gasteiger partial charge >= 0.3 is 0 Å². The quantitative estimate of drug-likeness (QED) is 0.416. The summed E-state index contributed by atoms with van der Waals surface area (Å²) in [5.41, 5.74) is 6.72. The Morgan fingerprint density at radius 1 is 1.17 bits per heavy atom. The van der Waals surface area contributed by atoms with Crippen molar-refractivity contribution in [2.45, 2.75) is 33.1 Å². The van der Waals surface area contributed by atoms with E-state index in [2.05, 4.69) is 12.2 Å². The van der Waals surface area contributed by atoms with E-state index in [-0.39, 0.29) is 36.0 Å². The molecule has 186 valence electrons. The molecule has 0 bridgehead atoms. The molecule has 0 spiro atoms. The van der Waals surface area contributed by atoms with E-state index < -0.39 is 10.8 Å². The molecular formula is C25H31N5O5. The van der Waals surface area contributed by atoms with E-state index >= 15 is 0 Å². The number of nitro benzene ring substituents is 1. The van der Waals surface area contributed by atoms with Crippen LogP contribution in [0.4, 0.5) is 17.1 Å². The van der Waals surface area contributed by atoms with E-state index in [1.165, 1.54) is 23.1 Å². The highest BCUT2D eigenvalue weighted by Gasteiger charge is 2.26. The standard InChI is InChI=1S/C25H31N5O5/c1-3-28(14-12-23(31)27-20-9-6-18(7-10-20)24(26)32)25(33)19-8-11-21(22(15-19)30(34)35)29-13-4-5-17(2)16-29/h6-11,15,17H,3-5,12-14,16H2,1-2H3,(H2,26,32)(H,27,31). The Morgan fingerprint density at radius 3 is 2.46 bits per heavy atom. The highest BCUT2D eigenvalue weighted by Crippen LogP contribution is 2.32. The summed E-state index contributed by atoms with van der Waals surface area (Å²) in [5.74, 6) is -0.775. The molecule has 0 aliphatic carbocycles. The molecule has 0 saturated carbocycles. The predicted octanol–water partition coefficient (Wildman–Crippen LogP) is 3.42. The smallest absolute Gasteiger partial charge is 0.293 e. The van der Waals surface area contributed by atoms with Gasteiger partial charge in [-0.1, -0.05) is 6.92 Å². The fraction of sp³-hybridized carbons (Fsp3) is 0.400. The van der Waals surface area contributed by atoms with Gasteiger partial charge in [0.25, 0.3) is 11.6 Å². The highest BCUT2D eigenvalue weighted by molar-refractivity contribution is 5.97. The Bertz CT molecular complexity index is 1100. The number of nitrogens with two attached hydrogens (primary N) is 1. The summed E-state index contributed by atoms with van der Waals surface area (Å²) in [7, 11) is 0. The van der Waals surface area contributed by atoms with Crippen LogP contribution in [0.15, 0.2) is 42.5 Å². The van der Waals surface area contributed by atoms with Gasteiger partial charge < -0.3 is 20.9 Å². The number of amides is 3. The summed E-state index contributed by atoms with van der Waals surface area (Å²) < 4.78 is 0. The zero-order valence-electron chi connectivity index (χ0n) is 20.0. The summed E-state index contributed by atoms with van der Waals surface area (Å²) in [6.45, 7) is 5.91. The normalized spacial score (nSPS) is 15.4. The largest absolute Gasteiger partial charge is 0.366 e. The third-order valence-electron chi connectivity index (χ3n) is 6.15. The number of hydrogen-bond donors (Lipinski definition) is 2. The minimum atomic E-state index is -0.557. The van der Waals surface area contributed by atoms with Crippen LogP contribution in [0.2, 0.25) is 0 Å². The fourth-order valence-corrected chi connectivity index (χ4v) is 4.24. The summed E-state index contributed by atoms with van der Waals surface area (Å²) in [6.07, 6.45) is 2.11. The second-order valence-corrected chi connectivity index (χ2v) is 8.78. The number of rotatable bonds is 9. The van der Waals surface area contributed by atoms with Crippen molar-refractivity contribution in [1.29, 1.82) is 0 Å². The maximum absolute atomic E-state index is 13.1. The topological polar surface area (TPSA) is 139 Å². The molecule has 1 saturated heterocycles. The molecule has 1 fully saturated rings. The average molecular weight is 482 g/mol. The van der Waals surface area contributed by atoms with Crippen molar-refractivity contribution in [1.82, 2.24) is 4.90 Å². The number of piperidine rings is 1. The predicted molar refractivity (Wildman–Crippen MR) is 133 cm³/mol. The van der Waals surface area contributed by atoms with E-state index in [9.17, 15) is 24.5 Å². The van der Waals surface area contributed by atoms with Crippen molar-refractivity contribution < 1.29 is 19.3 Å². The maximum atomic E-state index is 13.1. The number of nitrogens with one attached hydrogen (secondary N) is 1. The van der Waals surface area contributed by atoms with Gasteiger partial charge in [-0.2, -0.15) is 0 Å². The van der Waals surface area contributed by atoms with Crippen LogP contribution < -0.4 is 16.0 Å². The summed E-state index contributed by atoms with van der Waals surface area (Å²) in [4.78, 5) is 51.4. The van der Waals surface area contributed by atoms with Crippen molar-refractivity contribution >= 4 is 34.8 Å². The Kier molecular flexibility index (Phi) is 8.40. The summed E-state index contributed by atoms with van der Waals surface area (Å²) in [5, 5.41) is 14.5. The lowest BCUT2D eigenvalue weighted by Crippen LogP contribution is -2.35. The number of carbonyl (C=O) groups is 3. The number of nitro groups is 1. The van der Waals surface area contributed by atoms with Crippen LogP contribution in [0.5, 0.6) is 0 Å². The van der Waals surface area contributed by atoms with Gasteiger partial charge in [-0.05, 0) is 62.1 Å². The Labute approximate surface area is 204 Å². The first-order valence-electron chi connectivity index (χ1n) is 11.7. The lowest BCUT2D eigenvalue weighted by atomic mass is 9.99. The van der Waals surface area contributed by atoms with Gasteiger partial charge in [-0.25, -0.2) is 0 Å². The number of primary amides is 1. The van der Waals surface area contributed by atoms with Crippen molar-refractivity contribution in [3.8, 4) is 0 Å².